The van der Waals surface area contributed by atoms with Gasteiger partial charge in [-0.1, -0.05) is 0 Å². The number of carbonyl (C=O) groups excluding carboxylic acids is 1. The molecule has 4 heterocycles. The van der Waals surface area contributed by atoms with Crippen molar-refractivity contribution in [3.8, 4) is 11.5 Å². The standard InChI is InChI=1S/C25H31NO6/c1-23(2,3)22(27)30-19-18-15-12-17-16(28-13-29-17)11-14(15)7-10-26-9-6-8-25(18,26)21-20(19)31-24(4,5)32-21/h11-12,20-21H,6-10,13H2,1-5H3/t20-,21-,25-/m1/s1. The van der Waals surface area contributed by atoms with Gasteiger partial charge in [0.25, 0.3) is 0 Å². The van der Waals surface area contributed by atoms with Crippen molar-refractivity contribution in [3.63, 3.8) is 0 Å². The minimum atomic E-state index is -0.743. The van der Waals surface area contributed by atoms with Crippen LogP contribution >= 0.6 is 0 Å². The third-order valence-corrected chi connectivity index (χ3v) is 7.39. The average Bonchev–Trinajstić information content (AvgIpc) is 3.43. The molecule has 2 fully saturated rings. The zero-order valence-corrected chi connectivity index (χ0v) is 19.4. The van der Waals surface area contributed by atoms with Crippen LogP contribution in [0.3, 0.4) is 0 Å². The number of rotatable bonds is 1. The van der Waals surface area contributed by atoms with Gasteiger partial charge >= 0.3 is 5.97 Å². The monoisotopic (exact) mass is 441 g/mol. The molecule has 172 valence electrons. The summed E-state index contributed by atoms with van der Waals surface area (Å²) in [6.45, 7) is 11.6. The topological polar surface area (TPSA) is 66.5 Å². The summed E-state index contributed by atoms with van der Waals surface area (Å²) < 4.78 is 30.6. The summed E-state index contributed by atoms with van der Waals surface area (Å²) in [5.74, 6) is 1.11. The number of ether oxygens (including phenoxy) is 5. The van der Waals surface area contributed by atoms with Gasteiger partial charge in [0, 0.05) is 12.1 Å². The van der Waals surface area contributed by atoms with E-state index in [1.54, 1.807) is 0 Å². The maximum atomic E-state index is 13.1. The van der Waals surface area contributed by atoms with E-state index in [4.69, 9.17) is 23.7 Å². The van der Waals surface area contributed by atoms with Crippen molar-refractivity contribution in [1.82, 2.24) is 4.90 Å². The fraction of sp³-hybridized carbons (Fsp3) is 0.640. The molecule has 1 aromatic rings. The number of fused-ring (bicyclic) bond motifs is 4. The predicted molar refractivity (Wildman–Crippen MR) is 116 cm³/mol. The first-order chi connectivity index (χ1) is 15.1. The summed E-state index contributed by atoms with van der Waals surface area (Å²) in [7, 11) is 0. The Kier molecular flexibility index (Phi) is 4.16. The lowest BCUT2D eigenvalue weighted by atomic mass is 9.81. The van der Waals surface area contributed by atoms with E-state index >= 15 is 0 Å². The van der Waals surface area contributed by atoms with Crippen LogP contribution in [0.1, 0.15) is 58.6 Å². The maximum absolute atomic E-state index is 13.1. The van der Waals surface area contributed by atoms with E-state index in [9.17, 15) is 4.79 Å². The molecule has 1 aromatic carbocycles. The summed E-state index contributed by atoms with van der Waals surface area (Å²) in [6, 6.07) is 4.15. The highest BCUT2D eigenvalue weighted by molar-refractivity contribution is 5.87. The number of nitrogens with zero attached hydrogens (tertiary/aromatic N) is 1. The van der Waals surface area contributed by atoms with Crippen LogP contribution in [0, 0.1) is 5.41 Å². The van der Waals surface area contributed by atoms with Crippen molar-refractivity contribution in [2.24, 2.45) is 5.41 Å². The molecule has 7 heteroatoms. The molecule has 4 aliphatic heterocycles. The average molecular weight is 442 g/mol. The molecule has 6 rings (SSSR count). The Balaban J connectivity index is 1.60. The molecule has 1 spiro atoms. The van der Waals surface area contributed by atoms with Crippen LogP contribution in [-0.4, -0.2) is 54.3 Å². The van der Waals surface area contributed by atoms with Crippen LogP contribution in [0.2, 0.25) is 0 Å². The van der Waals surface area contributed by atoms with Gasteiger partial charge in [-0.15, -0.1) is 0 Å². The van der Waals surface area contributed by atoms with E-state index in [2.05, 4.69) is 17.0 Å². The Morgan fingerprint density at radius 1 is 1.12 bits per heavy atom. The van der Waals surface area contributed by atoms with Crippen LogP contribution in [0.4, 0.5) is 0 Å². The molecule has 0 saturated carbocycles. The summed E-state index contributed by atoms with van der Waals surface area (Å²) in [5, 5.41) is 0. The van der Waals surface area contributed by atoms with Gasteiger partial charge in [-0.2, -0.15) is 0 Å². The fourth-order valence-corrected chi connectivity index (χ4v) is 6.02. The molecule has 0 radical (unpaired) electrons. The number of benzene rings is 1. The van der Waals surface area contributed by atoms with Crippen molar-refractivity contribution in [3.05, 3.63) is 29.0 Å². The van der Waals surface area contributed by atoms with E-state index in [0.717, 1.165) is 55.0 Å². The van der Waals surface area contributed by atoms with Crippen LogP contribution in [0.25, 0.3) is 5.57 Å². The maximum Gasteiger partial charge on any atom is 0.316 e. The predicted octanol–water partition coefficient (Wildman–Crippen LogP) is 3.64. The second-order valence-corrected chi connectivity index (χ2v) is 11.0. The van der Waals surface area contributed by atoms with Crippen molar-refractivity contribution in [1.29, 1.82) is 0 Å². The minimum Gasteiger partial charge on any atom is -0.454 e. The molecule has 7 nitrogen and oxygen atoms in total. The number of carbonyl (C=O) groups is 1. The Hall–Kier alpha value is -2.09. The van der Waals surface area contributed by atoms with Crippen molar-refractivity contribution >= 4 is 11.5 Å². The largest absolute Gasteiger partial charge is 0.454 e. The van der Waals surface area contributed by atoms with E-state index < -0.39 is 17.3 Å². The lowest BCUT2D eigenvalue weighted by Crippen LogP contribution is -2.53. The van der Waals surface area contributed by atoms with E-state index in [-0.39, 0.29) is 24.4 Å². The third-order valence-electron chi connectivity index (χ3n) is 7.39. The molecule has 5 aliphatic rings. The summed E-state index contributed by atoms with van der Waals surface area (Å²) in [5.41, 5.74) is 2.26. The normalized spacial score (nSPS) is 32.3. The van der Waals surface area contributed by atoms with E-state index in [1.165, 1.54) is 5.56 Å². The summed E-state index contributed by atoms with van der Waals surface area (Å²) >= 11 is 0. The van der Waals surface area contributed by atoms with Crippen LogP contribution in [-0.2, 0) is 25.4 Å². The Bertz CT molecular complexity index is 1040. The van der Waals surface area contributed by atoms with Gasteiger partial charge in [-0.3, -0.25) is 9.69 Å². The Morgan fingerprint density at radius 3 is 2.62 bits per heavy atom. The molecule has 3 atom stereocenters. The van der Waals surface area contributed by atoms with Gasteiger partial charge in [-0.05, 0) is 83.7 Å². The molecule has 0 unspecified atom stereocenters. The molecule has 0 aromatic heterocycles. The van der Waals surface area contributed by atoms with E-state index in [0.29, 0.717) is 5.76 Å². The smallest absolute Gasteiger partial charge is 0.316 e. The highest BCUT2D eigenvalue weighted by atomic mass is 16.8. The molecule has 0 bridgehead atoms. The fourth-order valence-electron chi connectivity index (χ4n) is 6.02. The lowest BCUT2D eigenvalue weighted by molar-refractivity contribution is -0.162. The zero-order chi connectivity index (χ0) is 22.5. The van der Waals surface area contributed by atoms with Crippen LogP contribution in [0.5, 0.6) is 11.5 Å². The van der Waals surface area contributed by atoms with Gasteiger partial charge in [0.2, 0.25) is 6.79 Å². The van der Waals surface area contributed by atoms with Gasteiger partial charge in [0.1, 0.15) is 18.0 Å². The Labute approximate surface area is 188 Å². The molecule has 0 amide bonds. The van der Waals surface area contributed by atoms with Crippen LogP contribution < -0.4 is 9.47 Å². The molecule has 2 saturated heterocycles. The quantitative estimate of drug-likeness (QED) is 0.617. The molecule has 0 N–H and O–H groups in total. The first kappa shape index (κ1) is 20.5. The first-order valence-corrected chi connectivity index (χ1v) is 11.6. The molecule has 1 aliphatic carbocycles. The number of esters is 1. The van der Waals surface area contributed by atoms with E-state index in [1.807, 2.05) is 34.6 Å². The van der Waals surface area contributed by atoms with Crippen molar-refractivity contribution in [2.75, 3.05) is 19.9 Å². The number of hydrogen-bond acceptors (Lipinski definition) is 7. The van der Waals surface area contributed by atoms with Crippen LogP contribution in [0.15, 0.2) is 17.9 Å². The Morgan fingerprint density at radius 2 is 1.88 bits per heavy atom. The highest BCUT2D eigenvalue weighted by Gasteiger charge is 2.67. The molecular formula is C25H31NO6. The van der Waals surface area contributed by atoms with Gasteiger partial charge in [-0.25, -0.2) is 0 Å². The molecule has 32 heavy (non-hydrogen) atoms. The van der Waals surface area contributed by atoms with Crippen molar-refractivity contribution < 1.29 is 28.5 Å². The van der Waals surface area contributed by atoms with Gasteiger partial charge < -0.3 is 23.7 Å². The second kappa shape index (κ2) is 6.49. The lowest BCUT2D eigenvalue weighted by Gasteiger charge is -2.40. The highest BCUT2D eigenvalue weighted by Crippen LogP contribution is 2.59. The summed E-state index contributed by atoms with van der Waals surface area (Å²) in [4.78, 5) is 15.6. The second-order valence-electron chi connectivity index (χ2n) is 11.0. The summed E-state index contributed by atoms with van der Waals surface area (Å²) in [6.07, 6.45) is 2.24. The minimum absolute atomic E-state index is 0.228. The molecular weight excluding hydrogens is 410 g/mol. The first-order valence-electron chi connectivity index (χ1n) is 11.6. The third kappa shape index (κ3) is 2.74. The van der Waals surface area contributed by atoms with Gasteiger partial charge in [0.05, 0.1) is 11.0 Å². The van der Waals surface area contributed by atoms with Crippen molar-refractivity contribution in [2.45, 2.75) is 77.4 Å². The van der Waals surface area contributed by atoms with Gasteiger partial charge in [0.15, 0.2) is 17.3 Å². The number of hydrogen-bond donors (Lipinski definition) is 0. The SMILES string of the molecule is CC1(C)O[C@@H]2C(OC(=O)C(C)(C)C)=C3c4cc5c(cc4CCN4CCC[C@]34[C@@H]2O1)OCO5. The zero-order valence-electron chi connectivity index (χ0n) is 19.4.